The lowest BCUT2D eigenvalue weighted by atomic mass is 10.2. The van der Waals surface area contributed by atoms with Gasteiger partial charge in [-0.25, -0.2) is 19.1 Å². The number of nitrogens with one attached hydrogen (secondary N) is 1. The van der Waals surface area contributed by atoms with Gasteiger partial charge < -0.3 is 4.42 Å². The fourth-order valence-corrected chi connectivity index (χ4v) is 2.04. The van der Waals surface area contributed by atoms with Crippen LogP contribution in [0.15, 0.2) is 46.5 Å². The smallest absolute Gasteiger partial charge is 0.356 e. The monoisotopic (exact) mass is 286 g/mol. The highest BCUT2D eigenvalue weighted by molar-refractivity contribution is 6.08. The van der Waals surface area contributed by atoms with Crippen molar-refractivity contribution in [2.45, 2.75) is 0 Å². The summed E-state index contributed by atoms with van der Waals surface area (Å²) in [6, 6.07) is 9.49. The molecule has 0 spiro atoms. The van der Waals surface area contributed by atoms with E-state index in [0.29, 0.717) is 17.2 Å². The third kappa shape index (κ3) is 2.43. The van der Waals surface area contributed by atoms with E-state index in [1.165, 1.54) is 12.1 Å². The van der Waals surface area contributed by atoms with Gasteiger partial charge in [0.2, 0.25) is 0 Å². The zero-order valence-electron chi connectivity index (χ0n) is 11.3. The van der Waals surface area contributed by atoms with Crippen molar-refractivity contribution in [1.82, 2.24) is 5.32 Å². The van der Waals surface area contributed by atoms with E-state index in [4.69, 9.17) is 10.2 Å². The van der Waals surface area contributed by atoms with Gasteiger partial charge in [-0.15, -0.1) is 0 Å². The minimum atomic E-state index is -0.303. The molecule has 3 rings (SSSR count). The minimum absolute atomic E-state index is 0.275. The Morgan fingerprint density at radius 1 is 1.24 bits per heavy atom. The molecule has 0 fully saturated rings. The van der Waals surface area contributed by atoms with E-state index in [2.05, 4.69) is 5.32 Å². The Kier molecular flexibility index (Phi) is 3.06. The second-order valence-electron chi connectivity index (χ2n) is 4.64. The Morgan fingerprint density at radius 2 is 1.95 bits per heavy atom. The molecule has 0 saturated carbocycles. The summed E-state index contributed by atoms with van der Waals surface area (Å²) in [5.41, 5.74) is 6.78. The third-order valence-corrected chi connectivity index (χ3v) is 3.23. The summed E-state index contributed by atoms with van der Waals surface area (Å²) in [5.74, 6) is 0.801. The van der Waals surface area contributed by atoms with Crippen LogP contribution in [-0.4, -0.2) is 23.5 Å². The van der Waals surface area contributed by atoms with Gasteiger partial charge in [0.1, 0.15) is 17.3 Å². The maximum absolute atomic E-state index is 12.9. The molecule has 2 heterocycles. The first-order chi connectivity index (χ1) is 10.0. The van der Waals surface area contributed by atoms with Gasteiger partial charge in [0, 0.05) is 11.6 Å². The van der Waals surface area contributed by atoms with Gasteiger partial charge in [0.15, 0.2) is 5.70 Å². The number of guanidine groups is 1. The van der Waals surface area contributed by atoms with Gasteiger partial charge in [-0.05, 0) is 36.4 Å². The van der Waals surface area contributed by atoms with E-state index in [-0.39, 0.29) is 17.7 Å². The molecule has 0 saturated heterocycles. The van der Waals surface area contributed by atoms with E-state index >= 15 is 0 Å². The number of amides is 1. The molecule has 1 aliphatic rings. The molecule has 21 heavy (non-hydrogen) atoms. The summed E-state index contributed by atoms with van der Waals surface area (Å²) in [5, 5.41) is 2.51. The molecule has 1 aromatic carbocycles. The first kappa shape index (κ1) is 13.1. The highest BCUT2D eigenvalue weighted by Crippen LogP contribution is 2.24. The Balaban J connectivity index is 1.93. The van der Waals surface area contributed by atoms with E-state index < -0.39 is 0 Å². The molecule has 5 nitrogen and oxygen atoms in total. The molecule has 0 aliphatic carbocycles. The van der Waals surface area contributed by atoms with E-state index in [9.17, 15) is 9.18 Å². The molecule has 3 N–H and O–H groups in total. The molecule has 0 radical (unpaired) electrons. The maximum atomic E-state index is 12.9. The van der Waals surface area contributed by atoms with Crippen LogP contribution in [0, 0.1) is 5.82 Å². The summed E-state index contributed by atoms with van der Waals surface area (Å²) in [6.45, 7) is 0. The number of nitrogens with zero attached hydrogens (tertiary/aromatic N) is 1. The van der Waals surface area contributed by atoms with Crippen molar-refractivity contribution in [3.63, 3.8) is 0 Å². The second kappa shape index (κ2) is 4.90. The first-order valence-corrected chi connectivity index (χ1v) is 6.29. The van der Waals surface area contributed by atoms with Crippen molar-refractivity contribution in [3.05, 3.63) is 53.7 Å². The van der Waals surface area contributed by atoms with Gasteiger partial charge in [0.05, 0.1) is 7.05 Å². The molecule has 1 aromatic heterocycles. The predicted molar refractivity (Wildman–Crippen MR) is 75.6 cm³/mol. The van der Waals surface area contributed by atoms with Crippen molar-refractivity contribution < 1.29 is 18.2 Å². The fraction of sp³-hybridized carbons (Fsp3) is 0.0667. The van der Waals surface area contributed by atoms with Crippen LogP contribution in [0.2, 0.25) is 0 Å². The SMILES string of the molecule is C[N+]1=C(N)NC(=O)/C1=C\c1ccc(-c2ccc(F)cc2)o1. The lowest BCUT2D eigenvalue weighted by Crippen LogP contribution is -2.32. The molecule has 1 amide bonds. The maximum Gasteiger partial charge on any atom is 0.356 e. The normalized spacial score (nSPS) is 16.7. The number of furan rings is 1. The van der Waals surface area contributed by atoms with Gasteiger partial charge in [0.25, 0.3) is 0 Å². The predicted octanol–water partition coefficient (Wildman–Crippen LogP) is 1.51. The highest BCUT2D eigenvalue weighted by atomic mass is 19.1. The lowest BCUT2D eigenvalue weighted by molar-refractivity contribution is -0.432. The van der Waals surface area contributed by atoms with Gasteiger partial charge in [-0.1, -0.05) is 0 Å². The third-order valence-electron chi connectivity index (χ3n) is 3.23. The van der Waals surface area contributed by atoms with Crippen LogP contribution >= 0.6 is 0 Å². The molecule has 106 valence electrons. The summed E-state index contributed by atoms with van der Waals surface area (Å²) in [7, 11) is 1.68. The van der Waals surface area contributed by atoms with Crippen LogP contribution in [0.3, 0.4) is 0 Å². The molecular formula is C15H13FN3O2+. The van der Waals surface area contributed by atoms with Crippen molar-refractivity contribution in [2.75, 3.05) is 7.05 Å². The average Bonchev–Trinajstić information content (AvgIpc) is 3.01. The van der Waals surface area contributed by atoms with Gasteiger partial charge >= 0.3 is 11.9 Å². The number of carbonyl (C=O) groups is 1. The molecule has 1 aliphatic heterocycles. The fourth-order valence-electron chi connectivity index (χ4n) is 2.04. The lowest BCUT2D eigenvalue weighted by Gasteiger charge is -1.96. The Labute approximate surface area is 120 Å². The quantitative estimate of drug-likeness (QED) is 0.649. The Hall–Kier alpha value is -2.89. The summed E-state index contributed by atoms with van der Waals surface area (Å²) in [4.78, 5) is 11.7. The van der Waals surface area contributed by atoms with Crippen LogP contribution in [-0.2, 0) is 4.79 Å². The van der Waals surface area contributed by atoms with Crippen LogP contribution in [0.25, 0.3) is 17.4 Å². The summed E-state index contributed by atoms with van der Waals surface area (Å²) < 4.78 is 20.1. The van der Waals surface area contributed by atoms with Crippen molar-refractivity contribution >= 4 is 17.9 Å². The van der Waals surface area contributed by atoms with Crippen LogP contribution < -0.4 is 11.1 Å². The van der Waals surface area contributed by atoms with E-state index in [1.807, 2.05) is 0 Å². The van der Waals surface area contributed by atoms with Crippen molar-refractivity contribution in [1.29, 1.82) is 0 Å². The topological polar surface area (TPSA) is 71.3 Å². The number of likely N-dealkylation sites (N-methyl/N-ethyl adjacent to an activating group) is 1. The number of halogens is 1. The molecule has 6 heteroatoms. The second-order valence-corrected chi connectivity index (χ2v) is 4.64. The average molecular weight is 286 g/mol. The summed E-state index contributed by atoms with van der Waals surface area (Å²) in [6.07, 6.45) is 1.60. The Morgan fingerprint density at radius 3 is 2.57 bits per heavy atom. The molecule has 0 atom stereocenters. The Bertz CT molecular complexity index is 772. The summed E-state index contributed by atoms with van der Waals surface area (Å²) >= 11 is 0. The van der Waals surface area contributed by atoms with Crippen LogP contribution in [0.4, 0.5) is 4.39 Å². The number of carbonyl (C=O) groups excluding carboxylic acids is 1. The molecule has 0 unspecified atom stereocenters. The first-order valence-electron chi connectivity index (χ1n) is 6.29. The van der Waals surface area contributed by atoms with E-state index in [0.717, 1.165) is 5.56 Å². The number of hydrogen-bond acceptors (Lipinski definition) is 3. The molecule has 2 aromatic rings. The minimum Gasteiger partial charge on any atom is -0.457 e. The van der Waals surface area contributed by atoms with Crippen LogP contribution in [0.1, 0.15) is 5.76 Å². The zero-order chi connectivity index (χ0) is 15.0. The zero-order valence-corrected chi connectivity index (χ0v) is 11.3. The number of benzene rings is 1. The molecule has 0 bridgehead atoms. The van der Waals surface area contributed by atoms with Crippen molar-refractivity contribution in [2.24, 2.45) is 5.73 Å². The number of hydrogen-bond donors (Lipinski definition) is 2. The molecular weight excluding hydrogens is 273 g/mol. The standard InChI is InChI=1S/C15H12FN3O2/c1-19-12(14(20)18-15(19)17)8-11-6-7-13(21-11)9-2-4-10(16)5-3-9/h2-8H,1H3,(H2,17,18,20)/p+1/b12-8+. The largest absolute Gasteiger partial charge is 0.457 e. The van der Waals surface area contributed by atoms with E-state index in [1.54, 1.807) is 42.0 Å². The van der Waals surface area contributed by atoms with Crippen LogP contribution in [0.5, 0.6) is 0 Å². The number of nitrogens with two attached hydrogens (primary N) is 1. The van der Waals surface area contributed by atoms with Gasteiger partial charge in [-0.2, -0.15) is 0 Å². The number of rotatable bonds is 2. The highest BCUT2D eigenvalue weighted by Gasteiger charge is 2.29. The van der Waals surface area contributed by atoms with Gasteiger partial charge in [-0.3, -0.25) is 5.73 Å². The van der Waals surface area contributed by atoms with Crippen molar-refractivity contribution in [3.8, 4) is 11.3 Å².